The number of nitrogens with one attached hydrogen (secondary N) is 1. The fourth-order valence-electron chi connectivity index (χ4n) is 1.17. The molecular weight excluding hydrogens is 221 g/mol. The molecule has 0 aliphatic heterocycles. The van der Waals surface area contributed by atoms with Gasteiger partial charge in [0, 0.05) is 11.3 Å². The molecule has 0 spiro atoms. The van der Waals surface area contributed by atoms with E-state index in [1.165, 1.54) is 18.2 Å². The van der Waals surface area contributed by atoms with Gasteiger partial charge in [0.25, 0.3) is 0 Å². The van der Waals surface area contributed by atoms with Crippen molar-refractivity contribution in [2.75, 3.05) is 0 Å². The molecule has 0 saturated heterocycles. The Morgan fingerprint density at radius 2 is 2.24 bits per heavy atom. The SMILES string of the molecule is C=NC(=Nc1ccc(F)c(CO)c1)NC(=C)C. The molecule has 0 heterocycles. The number of allylic oxidation sites excluding steroid dienone is 1. The summed E-state index contributed by atoms with van der Waals surface area (Å²) in [7, 11) is 0. The Balaban J connectivity index is 3.03. The quantitative estimate of drug-likeness (QED) is 0.623. The summed E-state index contributed by atoms with van der Waals surface area (Å²) in [5, 5.41) is 11.7. The lowest BCUT2D eigenvalue weighted by Gasteiger charge is -2.05. The summed E-state index contributed by atoms with van der Waals surface area (Å²) in [6.07, 6.45) is 0. The number of guanidine groups is 1. The molecular formula is C12H14FN3O. The number of hydrogen-bond donors (Lipinski definition) is 2. The number of halogens is 1. The second-order valence-corrected chi connectivity index (χ2v) is 3.43. The fraction of sp³-hybridized carbons (Fsp3) is 0.167. The Kier molecular flexibility index (Phi) is 4.54. The van der Waals surface area contributed by atoms with Crippen LogP contribution in [0, 0.1) is 5.82 Å². The third-order valence-corrected chi connectivity index (χ3v) is 1.91. The maximum absolute atomic E-state index is 13.1. The van der Waals surface area contributed by atoms with Crippen LogP contribution in [0.3, 0.4) is 0 Å². The highest BCUT2D eigenvalue weighted by Crippen LogP contribution is 2.17. The molecule has 0 radical (unpaired) electrons. The predicted molar refractivity (Wildman–Crippen MR) is 66.9 cm³/mol. The van der Waals surface area contributed by atoms with Gasteiger partial charge in [-0.05, 0) is 31.8 Å². The molecule has 1 aromatic rings. The zero-order valence-electron chi connectivity index (χ0n) is 9.57. The zero-order chi connectivity index (χ0) is 12.8. The maximum Gasteiger partial charge on any atom is 0.226 e. The molecule has 1 rings (SSSR count). The van der Waals surface area contributed by atoms with Crippen LogP contribution in [0.25, 0.3) is 0 Å². The summed E-state index contributed by atoms with van der Waals surface area (Å²) < 4.78 is 13.1. The van der Waals surface area contributed by atoms with Crippen molar-refractivity contribution in [3.8, 4) is 0 Å². The summed E-state index contributed by atoms with van der Waals surface area (Å²) in [6.45, 7) is 8.39. The largest absolute Gasteiger partial charge is 0.392 e. The first-order valence-corrected chi connectivity index (χ1v) is 4.94. The maximum atomic E-state index is 13.1. The number of benzene rings is 1. The molecule has 0 aliphatic carbocycles. The second kappa shape index (κ2) is 5.91. The summed E-state index contributed by atoms with van der Waals surface area (Å²) in [4.78, 5) is 7.78. The van der Waals surface area contributed by atoms with Crippen LogP contribution < -0.4 is 5.32 Å². The van der Waals surface area contributed by atoms with E-state index in [4.69, 9.17) is 5.11 Å². The van der Waals surface area contributed by atoms with Gasteiger partial charge in [0.15, 0.2) is 0 Å². The van der Waals surface area contributed by atoms with Crippen LogP contribution in [0.15, 0.2) is 40.5 Å². The highest BCUT2D eigenvalue weighted by molar-refractivity contribution is 5.87. The third-order valence-electron chi connectivity index (χ3n) is 1.91. The molecule has 0 unspecified atom stereocenters. The topological polar surface area (TPSA) is 57.0 Å². The van der Waals surface area contributed by atoms with Crippen molar-refractivity contribution in [1.29, 1.82) is 0 Å². The van der Waals surface area contributed by atoms with Gasteiger partial charge in [-0.25, -0.2) is 14.4 Å². The van der Waals surface area contributed by atoms with E-state index in [0.717, 1.165) is 0 Å². The lowest BCUT2D eigenvalue weighted by molar-refractivity contribution is 0.276. The number of aliphatic hydroxyl groups is 1. The molecule has 0 aliphatic rings. The Morgan fingerprint density at radius 3 is 2.76 bits per heavy atom. The molecule has 0 atom stereocenters. The van der Waals surface area contributed by atoms with Gasteiger partial charge in [0.1, 0.15) is 5.82 Å². The van der Waals surface area contributed by atoms with E-state index < -0.39 is 5.82 Å². The number of hydrogen-bond acceptors (Lipinski definition) is 2. The van der Waals surface area contributed by atoms with Crippen molar-refractivity contribution in [1.82, 2.24) is 5.32 Å². The fourth-order valence-corrected chi connectivity index (χ4v) is 1.17. The van der Waals surface area contributed by atoms with Gasteiger partial charge >= 0.3 is 0 Å². The first-order valence-electron chi connectivity index (χ1n) is 4.94. The normalized spacial score (nSPS) is 11.1. The Labute approximate surface area is 99.2 Å². The average molecular weight is 235 g/mol. The monoisotopic (exact) mass is 235 g/mol. The molecule has 0 bridgehead atoms. The van der Waals surface area contributed by atoms with Gasteiger partial charge in [-0.3, -0.25) is 0 Å². The molecule has 17 heavy (non-hydrogen) atoms. The van der Waals surface area contributed by atoms with Gasteiger partial charge in [-0.1, -0.05) is 6.58 Å². The van der Waals surface area contributed by atoms with Crippen molar-refractivity contribution < 1.29 is 9.50 Å². The molecule has 2 N–H and O–H groups in total. The molecule has 0 saturated carbocycles. The lowest BCUT2D eigenvalue weighted by atomic mass is 10.2. The molecule has 5 heteroatoms. The van der Waals surface area contributed by atoms with Gasteiger partial charge in [-0.15, -0.1) is 0 Å². The van der Waals surface area contributed by atoms with Gasteiger partial charge < -0.3 is 10.4 Å². The Morgan fingerprint density at radius 1 is 1.53 bits per heavy atom. The van der Waals surface area contributed by atoms with Crippen LogP contribution in [0.4, 0.5) is 10.1 Å². The second-order valence-electron chi connectivity index (χ2n) is 3.43. The van der Waals surface area contributed by atoms with Crippen molar-refractivity contribution in [3.05, 3.63) is 41.9 Å². The van der Waals surface area contributed by atoms with E-state index in [9.17, 15) is 4.39 Å². The number of aliphatic hydroxyl groups excluding tert-OH is 1. The van der Waals surface area contributed by atoms with E-state index in [1.54, 1.807) is 6.92 Å². The first-order chi connectivity index (χ1) is 8.06. The Hall–Kier alpha value is -2.01. The average Bonchev–Trinajstić information content (AvgIpc) is 2.30. The highest BCUT2D eigenvalue weighted by Gasteiger charge is 2.02. The minimum atomic E-state index is -0.465. The van der Waals surface area contributed by atoms with E-state index in [-0.39, 0.29) is 18.1 Å². The van der Waals surface area contributed by atoms with Crippen molar-refractivity contribution >= 4 is 18.4 Å². The number of rotatable bonds is 3. The van der Waals surface area contributed by atoms with Crippen LogP contribution in [0.2, 0.25) is 0 Å². The van der Waals surface area contributed by atoms with Gasteiger partial charge in [0.2, 0.25) is 5.96 Å². The molecule has 90 valence electrons. The van der Waals surface area contributed by atoms with Crippen LogP contribution in [0.1, 0.15) is 12.5 Å². The minimum absolute atomic E-state index is 0.185. The molecule has 1 aromatic carbocycles. The first kappa shape index (κ1) is 13.1. The molecule has 0 amide bonds. The van der Waals surface area contributed by atoms with E-state index in [1.807, 2.05) is 0 Å². The van der Waals surface area contributed by atoms with Crippen molar-refractivity contribution in [3.63, 3.8) is 0 Å². The molecule has 0 fully saturated rings. The summed E-state index contributed by atoms with van der Waals surface area (Å²) in [5.41, 5.74) is 1.33. The van der Waals surface area contributed by atoms with Crippen LogP contribution in [-0.2, 0) is 6.61 Å². The third kappa shape index (κ3) is 3.81. The van der Waals surface area contributed by atoms with Crippen LogP contribution in [-0.4, -0.2) is 17.8 Å². The number of aliphatic imine (C=N–C) groups is 2. The summed E-state index contributed by atoms with van der Waals surface area (Å²) in [5.74, 6) is -0.194. The van der Waals surface area contributed by atoms with E-state index >= 15 is 0 Å². The minimum Gasteiger partial charge on any atom is -0.392 e. The van der Waals surface area contributed by atoms with Crippen molar-refractivity contribution in [2.24, 2.45) is 9.98 Å². The van der Waals surface area contributed by atoms with Gasteiger partial charge in [-0.2, -0.15) is 0 Å². The van der Waals surface area contributed by atoms with Gasteiger partial charge in [0.05, 0.1) is 12.3 Å². The van der Waals surface area contributed by atoms with Crippen molar-refractivity contribution in [2.45, 2.75) is 13.5 Å². The highest BCUT2D eigenvalue weighted by atomic mass is 19.1. The standard InChI is InChI=1S/C12H14FN3O/c1-8(2)15-12(14-3)16-10-4-5-11(13)9(6-10)7-17/h4-6,17H,1,3,7H2,2H3,(H,15,16). The van der Waals surface area contributed by atoms with Crippen LogP contribution >= 0.6 is 0 Å². The van der Waals surface area contributed by atoms with Crippen LogP contribution in [0.5, 0.6) is 0 Å². The smallest absolute Gasteiger partial charge is 0.226 e. The lowest BCUT2D eigenvalue weighted by Crippen LogP contribution is -2.17. The summed E-state index contributed by atoms with van der Waals surface area (Å²) in [6, 6.07) is 4.17. The predicted octanol–water partition coefficient (Wildman–Crippen LogP) is 2.13. The van der Waals surface area contributed by atoms with E-state index in [0.29, 0.717) is 11.4 Å². The Bertz CT molecular complexity index is 469. The zero-order valence-corrected chi connectivity index (χ0v) is 9.57. The molecule has 4 nitrogen and oxygen atoms in total. The summed E-state index contributed by atoms with van der Waals surface area (Å²) >= 11 is 0. The number of nitrogens with zero attached hydrogens (tertiary/aromatic N) is 2. The van der Waals surface area contributed by atoms with E-state index in [2.05, 4.69) is 28.6 Å². The molecule has 0 aromatic heterocycles.